The Morgan fingerprint density at radius 2 is 2.00 bits per heavy atom. The van der Waals surface area contributed by atoms with E-state index in [2.05, 4.69) is 10.3 Å². The molecule has 0 radical (unpaired) electrons. The molecule has 8 heteroatoms. The molecule has 25 heavy (non-hydrogen) atoms. The van der Waals surface area contributed by atoms with Crippen LogP contribution in [0.2, 0.25) is 0 Å². The fraction of sp³-hybridized carbons (Fsp3) is 0.353. The fourth-order valence-electron chi connectivity index (χ4n) is 2.86. The Balaban J connectivity index is 1.66. The third-order valence-electron chi connectivity index (χ3n) is 4.31. The minimum Gasteiger partial charge on any atom is -0.389 e. The molecule has 1 aliphatic rings. The van der Waals surface area contributed by atoms with Crippen molar-refractivity contribution in [2.45, 2.75) is 23.1 Å². The predicted octanol–water partition coefficient (Wildman–Crippen LogP) is -0.0323. The van der Waals surface area contributed by atoms with E-state index in [1.807, 2.05) is 12.1 Å². The van der Waals surface area contributed by atoms with Gasteiger partial charge >= 0.3 is 0 Å². The summed E-state index contributed by atoms with van der Waals surface area (Å²) in [6, 6.07) is 11.7. The maximum absolute atomic E-state index is 12.6. The van der Waals surface area contributed by atoms with Crippen LogP contribution in [0.15, 0.2) is 59.8 Å². The van der Waals surface area contributed by atoms with Crippen LogP contribution in [0.25, 0.3) is 0 Å². The summed E-state index contributed by atoms with van der Waals surface area (Å²) in [4.78, 5) is 4.15. The van der Waals surface area contributed by atoms with E-state index >= 15 is 0 Å². The number of nitrogens with zero attached hydrogens (tertiary/aromatic N) is 2. The number of hydrogen-bond acceptors (Lipinski definition) is 6. The lowest BCUT2D eigenvalue weighted by atomic mass is 10.0. The van der Waals surface area contributed by atoms with Crippen molar-refractivity contribution < 1.29 is 18.6 Å². The topological polar surface area (TPSA) is 103 Å². The van der Waals surface area contributed by atoms with Gasteiger partial charge in [0, 0.05) is 38.6 Å². The largest absolute Gasteiger partial charge is 0.389 e. The van der Waals surface area contributed by atoms with E-state index < -0.39 is 21.7 Å². The number of pyridine rings is 1. The number of β-amino-alcohol motifs (C(OH)–C–C–N with tert-alkyl or cyclic N) is 2. The molecular weight excluding hydrogens is 342 g/mol. The normalized spacial score (nSPS) is 24.5. The van der Waals surface area contributed by atoms with Gasteiger partial charge in [0.2, 0.25) is 10.0 Å². The first-order valence-corrected chi connectivity index (χ1v) is 9.41. The molecule has 1 saturated heterocycles. The Morgan fingerprint density at radius 3 is 2.68 bits per heavy atom. The molecule has 2 heterocycles. The molecule has 2 atom stereocenters. The van der Waals surface area contributed by atoms with Crippen molar-refractivity contribution in [1.82, 2.24) is 14.6 Å². The van der Waals surface area contributed by atoms with Crippen LogP contribution < -0.4 is 5.32 Å². The van der Waals surface area contributed by atoms with Gasteiger partial charge in [-0.05, 0) is 23.8 Å². The van der Waals surface area contributed by atoms with Crippen LogP contribution in [0.4, 0.5) is 0 Å². The highest BCUT2D eigenvalue weighted by molar-refractivity contribution is 7.89. The van der Waals surface area contributed by atoms with Crippen LogP contribution in [-0.4, -0.2) is 59.3 Å². The van der Waals surface area contributed by atoms with Crippen LogP contribution >= 0.6 is 0 Å². The average Bonchev–Trinajstić information content (AvgIpc) is 2.92. The van der Waals surface area contributed by atoms with Crippen LogP contribution in [0, 0.1) is 0 Å². The predicted molar refractivity (Wildman–Crippen MR) is 92.1 cm³/mol. The molecule has 1 aliphatic heterocycles. The molecule has 2 aromatic rings. The molecule has 0 unspecified atom stereocenters. The zero-order valence-corrected chi connectivity index (χ0v) is 14.4. The van der Waals surface area contributed by atoms with Crippen LogP contribution in [-0.2, 0) is 16.6 Å². The number of aliphatic hydroxyl groups is 2. The second-order valence-corrected chi connectivity index (χ2v) is 8.13. The fourth-order valence-corrected chi connectivity index (χ4v) is 4.39. The van der Waals surface area contributed by atoms with Crippen LogP contribution in [0.5, 0.6) is 0 Å². The highest BCUT2D eigenvalue weighted by Gasteiger charge is 2.48. The van der Waals surface area contributed by atoms with Gasteiger partial charge in [-0.3, -0.25) is 4.98 Å². The Bertz CT molecular complexity index is 801. The summed E-state index contributed by atoms with van der Waals surface area (Å²) in [7, 11) is -3.74. The lowest BCUT2D eigenvalue weighted by Crippen LogP contribution is -2.50. The Labute approximate surface area is 147 Å². The molecule has 0 amide bonds. The summed E-state index contributed by atoms with van der Waals surface area (Å²) >= 11 is 0. The molecule has 3 rings (SSSR count). The summed E-state index contributed by atoms with van der Waals surface area (Å²) in [5.41, 5.74) is -0.600. The third-order valence-corrected chi connectivity index (χ3v) is 6.14. The lowest BCUT2D eigenvalue weighted by molar-refractivity contribution is -0.0384. The molecule has 0 aliphatic carbocycles. The summed E-state index contributed by atoms with van der Waals surface area (Å²) < 4.78 is 26.4. The van der Waals surface area contributed by atoms with Crippen molar-refractivity contribution in [2.75, 3.05) is 19.6 Å². The number of rotatable bonds is 6. The average molecular weight is 363 g/mol. The van der Waals surface area contributed by atoms with E-state index in [4.69, 9.17) is 0 Å². The van der Waals surface area contributed by atoms with Gasteiger partial charge in [0.15, 0.2) is 0 Å². The molecule has 0 spiro atoms. The van der Waals surface area contributed by atoms with Gasteiger partial charge in [0.1, 0.15) is 5.60 Å². The Morgan fingerprint density at radius 1 is 1.24 bits per heavy atom. The summed E-state index contributed by atoms with van der Waals surface area (Å²) in [5.74, 6) is 0. The smallest absolute Gasteiger partial charge is 0.243 e. The number of nitrogens with one attached hydrogen (secondary N) is 1. The van der Waals surface area contributed by atoms with E-state index in [-0.39, 0.29) is 24.5 Å². The number of aromatic nitrogens is 1. The van der Waals surface area contributed by atoms with Gasteiger partial charge in [-0.15, -0.1) is 0 Å². The van der Waals surface area contributed by atoms with Crippen molar-refractivity contribution in [1.29, 1.82) is 0 Å². The van der Waals surface area contributed by atoms with Gasteiger partial charge in [-0.2, -0.15) is 4.31 Å². The van der Waals surface area contributed by atoms with E-state index in [0.29, 0.717) is 6.54 Å². The van der Waals surface area contributed by atoms with Crippen molar-refractivity contribution in [3.8, 4) is 0 Å². The molecule has 1 aromatic heterocycles. The number of benzene rings is 1. The molecule has 1 fully saturated rings. The minimum absolute atomic E-state index is 0.0733. The summed E-state index contributed by atoms with van der Waals surface area (Å²) in [6.07, 6.45) is 2.21. The Kier molecular flexibility index (Phi) is 5.16. The van der Waals surface area contributed by atoms with Crippen molar-refractivity contribution >= 4 is 10.0 Å². The second-order valence-electron chi connectivity index (χ2n) is 6.19. The highest BCUT2D eigenvalue weighted by atomic mass is 32.2. The molecule has 1 aromatic carbocycles. The number of sulfonamides is 1. The van der Waals surface area contributed by atoms with Gasteiger partial charge in [0.25, 0.3) is 0 Å². The van der Waals surface area contributed by atoms with E-state index in [1.165, 1.54) is 12.1 Å². The summed E-state index contributed by atoms with van der Waals surface area (Å²) in [5, 5.41) is 24.0. The minimum atomic E-state index is -3.74. The molecule has 0 saturated carbocycles. The van der Waals surface area contributed by atoms with Crippen LogP contribution in [0.1, 0.15) is 5.56 Å². The molecular formula is C17H21N3O4S. The summed E-state index contributed by atoms with van der Waals surface area (Å²) in [6.45, 7) is 0.242. The zero-order valence-electron chi connectivity index (χ0n) is 13.6. The van der Waals surface area contributed by atoms with Crippen LogP contribution in [0.3, 0.4) is 0 Å². The zero-order chi connectivity index (χ0) is 17.9. The van der Waals surface area contributed by atoms with E-state index in [9.17, 15) is 18.6 Å². The third kappa shape index (κ3) is 3.88. The quantitative estimate of drug-likeness (QED) is 0.666. The van der Waals surface area contributed by atoms with Gasteiger partial charge in [0.05, 0.1) is 11.0 Å². The first kappa shape index (κ1) is 18.0. The van der Waals surface area contributed by atoms with Crippen molar-refractivity contribution in [3.05, 3.63) is 60.4 Å². The number of hydrogen-bond donors (Lipinski definition) is 3. The molecule has 3 N–H and O–H groups in total. The van der Waals surface area contributed by atoms with Crippen molar-refractivity contribution in [2.24, 2.45) is 0 Å². The molecule has 134 valence electrons. The number of aliphatic hydroxyl groups excluding tert-OH is 1. The highest BCUT2D eigenvalue weighted by Crippen LogP contribution is 2.27. The maximum Gasteiger partial charge on any atom is 0.243 e. The maximum atomic E-state index is 12.6. The van der Waals surface area contributed by atoms with E-state index in [0.717, 1.165) is 9.87 Å². The van der Waals surface area contributed by atoms with Crippen molar-refractivity contribution in [3.63, 3.8) is 0 Å². The standard InChI is InChI=1S/C17H21N3O4S/c21-16-11-20(25(23,24)15-6-2-1-3-7-15)13-17(16,22)12-19-10-14-5-4-8-18-9-14/h1-9,16,19,21-22H,10-13H2/t16-,17+/m1/s1. The SMILES string of the molecule is O=S(=O)(c1ccccc1)N1C[C@@H](O)[C@](O)(CNCc2cccnc2)C1. The van der Waals surface area contributed by atoms with Gasteiger partial charge < -0.3 is 15.5 Å². The first-order chi connectivity index (χ1) is 11.9. The molecule has 0 bridgehead atoms. The second kappa shape index (κ2) is 7.19. The monoisotopic (exact) mass is 363 g/mol. The first-order valence-electron chi connectivity index (χ1n) is 7.97. The van der Waals surface area contributed by atoms with E-state index in [1.54, 1.807) is 30.6 Å². The van der Waals surface area contributed by atoms with Gasteiger partial charge in [-0.25, -0.2) is 8.42 Å². The Hall–Kier alpha value is -1.84. The van der Waals surface area contributed by atoms with Gasteiger partial charge in [-0.1, -0.05) is 24.3 Å². The molecule has 7 nitrogen and oxygen atoms in total. The lowest BCUT2D eigenvalue weighted by Gasteiger charge is -2.26.